The summed E-state index contributed by atoms with van der Waals surface area (Å²) in [5, 5.41) is 14.4. The van der Waals surface area contributed by atoms with Crippen LogP contribution in [0.2, 0.25) is 0 Å². The van der Waals surface area contributed by atoms with E-state index in [0.717, 1.165) is 0 Å². The molecular weight excluding hydrogens is 790 g/mol. The minimum absolute atomic E-state index is 0.157. The highest BCUT2D eigenvalue weighted by atomic mass is 16.8. The summed E-state index contributed by atoms with van der Waals surface area (Å²) in [4.78, 5) is 84.5. The highest BCUT2D eigenvalue weighted by molar-refractivity contribution is 5.94. The number of nitrogens with one attached hydrogen (secondary N) is 1. The van der Waals surface area contributed by atoms with E-state index in [4.69, 9.17) is 33.2 Å². The molecule has 1 spiro atoms. The van der Waals surface area contributed by atoms with E-state index < -0.39 is 106 Å². The van der Waals surface area contributed by atoms with Crippen LogP contribution in [0.5, 0.6) is 0 Å². The zero-order chi connectivity index (χ0) is 44.4. The Morgan fingerprint density at radius 1 is 0.918 bits per heavy atom. The molecule has 5 aliphatic rings. The lowest BCUT2D eigenvalue weighted by Crippen LogP contribution is -2.79. The van der Waals surface area contributed by atoms with Gasteiger partial charge in [0.1, 0.15) is 17.3 Å². The molecule has 0 aromatic heterocycles. The van der Waals surface area contributed by atoms with E-state index in [0.29, 0.717) is 31.2 Å². The first-order valence-corrected chi connectivity index (χ1v) is 20.7. The van der Waals surface area contributed by atoms with Crippen molar-refractivity contribution in [1.29, 1.82) is 0 Å². The molecule has 1 amide bonds. The Morgan fingerprint density at radius 3 is 2.11 bits per heavy atom. The van der Waals surface area contributed by atoms with Crippen molar-refractivity contribution in [3.05, 3.63) is 82.9 Å². The van der Waals surface area contributed by atoms with E-state index in [1.54, 1.807) is 109 Å². The van der Waals surface area contributed by atoms with Gasteiger partial charge >= 0.3 is 30.2 Å². The summed E-state index contributed by atoms with van der Waals surface area (Å²) in [6.07, 6.45) is -8.41. The lowest BCUT2D eigenvalue weighted by molar-refractivity contribution is -0.281. The number of ether oxygens (including phenoxy) is 7. The Morgan fingerprint density at radius 2 is 1.54 bits per heavy atom. The van der Waals surface area contributed by atoms with Crippen LogP contribution >= 0.6 is 0 Å². The number of rotatable bonds is 9. The van der Waals surface area contributed by atoms with Crippen LogP contribution in [0.1, 0.15) is 103 Å². The highest BCUT2D eigenvalue weighted by Gasteiger charge is 2.81. The number of carbonyl (C=O) groups excluding carboxylic acids is 6. The third-order valence-electron chi connectivity index (χ3n) is 13.7. The molecule has 0 radical (unpaired) electrons. The SMILES string of the molecule is CO[C@H]1C(=O)[C@]2(C)CC[C@H]3CC[C@@]3(OC(C)=O)[C@H]2[C@H](OC(=O)c2ccccc2)[C@]23OC(=O)O[C@H]2[C@H](OC(=O)[C@H](O)[C@@H](NC(=O)OC(C)(C)C)c2ccccc2)C(C)=C1C3(C)C. The van der Waals surface area contributed by atoms with Gasteiger partial charge in [-0.15, -0.1) is 0 Å². The molecule has 2 N–H and O–H groups in total. The Kier molecular flexibility index (Phi) is 11.2. The summed E-state index contributed by atoms with van der Waals surface area (Å²) in [7, 11) is 1.37. The largest absolute Gasteiger partial charge is 0.509 e. The van der Waals surface area contributed by atoms with E-state index in [1.807, 2.05) is 0 Å². The third kappa shape index (κ3) is 7.07. The molecule has 15 heteroatoms. The zero-order valence-electron chi connectivity index (χ0n) is 36.0. The molecule has 4 fully saturated rings. The van der Waals surface area contributed by atoms with Gasteiger partial charge in [-0.25, -0.2) is 19.2 Å². The maximum absolute atomic E-state index is 15.5. The average Bonchev–Trinajstić information content (AvgIpc) is 3.56. The summed E-state index contributed by atoms with van der Waals surface area (Å²) in [6, 6.07) is 15.0. The fraction of sp³-hybridized carbons (Fsp3) is 0.565. The maximum Gasteiger partial charge on any atom is 0.509 e. The Labute approximate surface area is 354 Å². The number of hydrogen-bond donors (Lipinski definition) is 2. The number of fused-ring (bicyclic) bond motifs is 4. The normalized spacial score (nSPS) is 33.3. The summed E-state index contributed by atoms with van der Waals surface area (Å²) < 4.78 is 43.3. The van der Waals surface area contributed by atoms with Gasteiger partial charge in [0.15, 0.2) is 30.2 Å². The van der Waals surface area contributed by atoms with E-state index in [2.05, 4.69) is 5.32 Å². The standard InChI is InChI=1S/C46H55NO14/c1-24-29-33(55-9)35(50)44(8)22-20-28-21-23-45(28,59-25(2)48)34(44)37(57-38(51)27-18-14-11-15-19-27)46(43(29,6)7)36(58-41(54)61-46)32(24)56-39(52)31(49)30(26-16-12-10-13-17-26)47-40(53)60-42(3,4)5/h10-19,28,30-34,36-37,49H,20-23H2,1-9H3,(H,47,53)/t28-,30-,31+,32+,33+,34-,36-,37-,44+,45-,46+/m0/s1. The van der Waals surface area contributed by atoms with Crippen molar-refractivity contribution in [2.24, 2.45) is 22.7 Å². The van der Waals surface area contributed by atoms with Crippen LogP contribution in [-0.2, 0) is 47.5 Å². The van der Waals surface area contributed by atoms with Gasteiger partial charge in [-0.2, -0.15) is 0 Å². The number of amides is 1. The number of benzene rings is 2. The van der Waals surface area contributed by atoms with Crippen LogP contribution in [0, 0.1) is 22.7 Å². The second-order valence-electron chi connectivity index (χ2n) is 18.6. The highest BCUT2D eigenvalue weighted by Crippen LogP contribution is 2.69. The summed E-state index contributed by atoms with van der Waals surface area (Å²) in [6.45, 7) is 13.1. The molecule has 2 bridgehead atoms. The van der Waals surface area contributed by atoms with E-state index in [9.17, 15) is 29.1 Å². The topological polar surface area (TPSA) is 199 Å². The van der Waals surface area contributed by atoms with Crippen LogP contribution in [0.15, 0.2) is 71.8 Å². The van der Waals surface area contributed by atoms with Crippen LogP contribution in [-0.4, -0.2) is 95.5 Å². The number of Topliss-reactive ketones (excluding diaryl/α,β-unsaturated/α-hetero) is 1. The number of carbonyl (C=O) groups is 6. The summed E-state index contributed by atoms with van der Waals surface area (Å²) in [5.74, 6) is -4.43. The Bertz CT molecular complexity index is 2130. The van der Waals surface area contributed by atoms with Gasteiger partial charge in [0.2, 0.25) is 5.60 Å². The third-order valence-corrected chi connectivity index (χ3v) is 13.7. The van der Waals surface area contributed by atoms with Crippen LogP contribution in [0.25, 0.3) is 0 Å². The molecule has 15 nitrogen and oxygen atoms in total. The van der Waals surface area contributed by atoms with Gasteiger partial charge in [0.25, 0.3) is 0 Å². The first-order chi connectivity index (χ1) is 28.6. The van der Waals surface area contributed by atoms with Gasteiger partial charge in [-0.05, 0) is 88.1 Å². The molecular formula is C46H55NO14. The lowest BCUT2D eigenvalue weighted by atomic mass is 9.41. The molecule has 0 unspecified atom stereocenters. The number of ketones is 1. The van der Waals surface area contributed by atoms with Gasteiger partial charge in [0, 0.05) is 24.9 Å². The zero-order valence-corrected chi connectivity index (χ0v) is 36.0. The average molecular weight is 846 g/mol. The molecule has 61 heavy (non-hydrogen) atoms. The molecule has 2 aromatic rings. The van der Waals surface area contributed by atoms with Crippen molar-refractivity contribution in [1.82, 2.24) is 5.32 Å². The Balaban J connectivity index is 1.42. The molecule has 7 rings (SSSR count). The van der Waals surface area contributed by atoms with Crippen LogP contribution < -0.4 is 5.32 Å². The fourth-order valence-electron chi connectivity index (χ4n) is 11.0. The first kappa shape index (κ1) is 43.8. The molecule has 1 heterocycles. The van der Waals surface area contributed by atoms with E-state index >= 15 is 4.79 Å². The summed E-state index contributed by atoms with van der Waals surface area (Å²) in [5.41, 5.74) is -6.19. The lowest BCUT2D eigenvalue weighted by Gasteiger charge is -2.67. The quantitative estimate of drug-likeness (QED) is 0.167. The van der Waals surface area contributed by atoms with Gasteiger partial charge in [-0.1, -0.05) is 69.3 Å². The predicted molar refractivity (Wildman–Crippen MR) is 215 cm³/mol. The van der Waals surface area contributed by atoms with Gasteiger partial charge < -0.3 is 43.6 Å². The second kappa shape index (κ2) is 15.6. The molecule has 328 valence electrons. The first-order valence-electron chi connectivity index (χ1n) is 20.7. The smallest absolute Gasteiger partial charge is 0.458 e. The van der Waals surface area contributed by atoms with Crippen molar-refractivity contribution >= 4 is 35.9 Å². The monoisotopic (exact) mass is 845 g/mol. The minimum atomic E-state index is -2.08. The number of alkyl carbamates (subject to hydrolysis) is 1. The van der Waals surface area contributed by atoms with Crippen molar-refractivity contribution in [3.63, 3.8) is 0 Å². The van der Waals surface area contributed by atoms with Crippen molar-refractivity contribution in [2.45, 2.75) is 134 Å². The van der Waals surface area contributed by atoms with E-state index in [-0.39, 0.29) is 22.6 Å². The van der Waals surface area contributed by atoms with Gasteiger partial charge in [0.05, 0.1) is 17.5 Å². The fourth-order valence-corrected chi connectivity index (χ4v) is 11.0. The molecule has 4 aliphatic carbocycles. The van der Waals surface area contributed by atoms with Crippen molar-refractivity contribution < 1.29 is 67.0 Å². The van der Waals surface area contributed by atoms with Crippen molar-refractivity contribution in [3.8, 4) is 0 Å². The number of hydrogen-bond acceptors (Lipinski definition) is 14. The van der Waals surface area contributed by atoms with Crippen LogP contribution in [0.4, 0.5) is 9.59 Å². The van der Waals surface area contributed by atoms with Gasteiger partial charge in [-0.3, -0.25) is 9.59 Å². The molecule has 1 aliphatic heterocycles. The minimum Gasteiger partial charge on any atom is -0.458 e. The molecule has 1 saturated heterocycles. The Hall–Kier alpha value is -5.28. The molecule has 3 saturated carbocycles. The molecule has 2 aromatic carbocycles. The number of methoxy groups -OCH3 is 1. The number of aliphatic hydroxyl groups is 1. The van der Waals surface area contributed by atoms with E-state index in [1.165, 1.54) is 14.0 Å². The number of aliphatic hydroxyl groups excluding tert-OH is 1. The number of esters is 3. The molecule has 11 atom stereocenters. The second-order valence-corrected chi connectivity index (χ2v) is 18.6. The van der Waals surface area contributed by atoms with Crippen LogP contribution in [0.3, 0.4) is 0 Å². The maximum atomic E-state index is 15.5. The van der Waals surface area contributed by atoms with Crippen molar-refractivity contribution in [2.75, 3.05) is 7.11 Å². The summed E-state index contributed by atoms with van der Waals surface area (Å²) >= 11 is 0. The predicted octanol–water partition coefficient (Wildman–Crippen LogP) is 6.11.